The lowest BCUT2D eigenvalue weighted by Crippen LogP contribution is -2.34. The zero-order chi connectivity index (χ0) is 35.4. The van der Waals surface area contributed by atoms with Crippen LogP contribution >= 0.6 is 46.2 Å². The van der Waals surface area contributed by atoms with Gasteiger partial charge >= 0.3 is 0 Å². The van der Waals surface area contributed by atoms with Gasteiger partial charge in [0.05, 0.1) is 30.9 Å². The number of thiophene rings is 2. The quantitative estimate of drug-likeness (QED) is 0.0846. The highest BCUT2D eigenvalue weighted by Crippen LogP contribution is 2.50. The SMILES string of the molecule is CCCCC(CC)CN1C(=O)/C(=C2/C(=O)N(CC(CC)CCCC)c3cc(-c4ccc(SC)s4)ccc32)c2ccc(-c3ccc(SC)s3)cc21. The van der Waals surface area contributed by atoms with Crippen LogP contribution in [0.3, 0.4) is 0 Å². The predicted molar refractivity (Wildman–Crippen MR) is 221 cm³/mol. The number of nitrogens with zero attached hydrogens (tertiary/aromatic N) is 2. The van der Waals surface area contributed by atoms with Gasteiger partial charge in [0.25, 0.3) is 11.8 Å². The molecule has 0 N–H and O–H groups in total. The number of amides is 2. The second-order valence-corrected chi connectivity index (χ2v) is 17.9. The van der Waals surface area contributed by atoms with Gasteiger partial charge in [-0.3, -0.25) is 9.59 Å². The van der Waals surface area contributed by atoms with Crippen LogP contribution in [0.1, 0.15) is 90.2 Å². The van der Waals surface area contributed by atoms with E-state index in [1.807, 2.05) is 9.80 Å². The van der Waals surface area contributed by atoms with Crippen molar-refractivity contribution in [2.75, 3.05) is 35.4 Å². The van der Waals surface area contributed by atoms with Crippen molar-refractivity contribution in [1.29, 1.82) is 0 Å². The summed E-state index contributed by atoms with van der Waals surface area (Å²) in [7, 11) is 0. The lowest BCUT2D eigenvalue weighted by molar-refractivity contribution is -0.114. The molecule has 2 aromatic heterocycles. The lowest BCUT2D eigenvalue weighted by atomic mass is 9.95. The van der Waals surface area contributed by atoms with E-state index in [0.717, 1.165) is 85.0 Å². The molecular weight excluding hydrogens is 693 g/mol. The van der Waals surface area contributed by atoms with E-state index >= 15 is 0 Å². The Balaban J connectivity index is 1.50. The molecule has 4 aromatic rings. The first-order valence-electron chi connectivity index (χ1n) is 18.3. The fourth-order valence-corrected chi connectivity index (χ4v) is 10.4. The van der Waals surface area contributed by atoms with Crippen LogP contribution in [0.2, 0.25) is 0 Å². The molecule has 2 aliphatic rings. The Morgan fingerprint density at radius 2 is 1.02 bits per heavy atom. The lowest BCUT2D eigenvalue weighted by Gasteiger charge is -2.24. The standard InChI is InChI=1S/C42H50N2O2S4/c1-7-11-13-27(9-3)25-43-33-23-29(35-19-21-37(47-5)49-35)15-17-31(33)39(41(43)45)40-32-18-16-30(36-20-22-38(48-6)50-36)24-34(32)44(42(40)46)26-28(10-4)14-12-8-2/h15-24,27-28H,7-14,25-26H2,1-6H3/b40-39+. The molecule has 0 spiro atoms. The molecular formula is C42H50N2O2S4. The van der Waals surface area contributed by atoms with Crippen molar-refractivity contribution in [2.45, 2.75) is 87.5 Å². The first-order chi connectivity index (χ1) is 24.3. The molecule has 0 saturated carbocycles. The van der Waals surface area contributed by atoms with Gasteiger partial charge in [0.15, 0.2) is 0 Å². The fraction of sp³-hybridized carbons (Fsp3) is 0.429. The number of hydrogen-bond acceptors (Lipinski definition) is 6. The van der Waals surface area contributed by atoms with Crippen molar-refractivity contribution in [3.05, 3.63) is 71.8 Å². The van der Waals surface area contributed by atoms with Crippen molar-refractivity contribution in [1.82, 2.24) is 0 Å². The largest absolute Gasteiger partial charge is 0.307 e. The number of benzene rings is 2. The monoisotopic (exact) mass is 742 g/mol. The van der Waals surface area contributed by atoms with Crippen molar-refractivity contribution in [2.24, 2.45) is 11.8 Å². The number of rotatable bonds is 16. The van der Waals surface area contributed by atoms with Crippen LogP contribution < -0.4 is 9.80 Å². The van der Waals surface area contributed by atoms with Crippen LogP contribution in [0.25, 0.3) is 32.0 Å². The Kier molecular flexibility index (Phi) is 12.4. The van der Waals surface area contributed by atoms with Crippen LogP contribution in [-0.2, 0) is 9.59 Å². The maximum atomic E-state index is 14.9. The summed E-state index contributed by atoms with van der Waals surface area (Å²) in [6.45, 7) is 10.3. The van der Waals surface area contributed by atoms with E-state index in [0.29, 0.717) is 36.1 Å². The summed E-state index contributed by atoms with van der Waals surface area (Å²) >= 11 is 7.08. The zero-order valence-electron chi connectivity index (χ0n) is 30.3. The van der Waals surface area contributed by atoms with E-state index in [9.17, 15) is 9.59 Å². The number of thioether (sulfide) groups is 2. The van der Waals surface area contributed by atoms with Gasteiger partial charge in [-0.1, -0.05) is 90.5 Å². The molecule has 2 aromatic carbocycles. The molecule has 0 fully saturated rings. The Morgan fingerprint density at radius 1 is 0.600 bits per heavy atom. The van der Waals surface area contributed by atoms with E-state index in [-0.39, 0.29) is 11.8 Å². The summed E-state index contributed by atoms with van der Waals surface area (Å²) in [4.78, 5) is 36.1. The molecule has 2 aliphatic heterocycles. The number of carbonyl (C=O) groups is 2. The highest BCUT2D eigenvalue weighted by Gasteiger charge is 2.43. The zero-order valence-corrected chi connectivity index (χ0v) is 33.6. The third kappa shape index (κ3) is 7.41. The van der Waals surface area contributed by atoms with Crippen LogP contribution in [0.4, 0.5) is 11.4 Å². The summed E-state index contributed by atoms with van der Waals surface area (Å²) in [6.07, 6.45) is 13.0. The third-order valence-corrected chi connectivity index (χ3v) is 14.8. The Bertz CT molecular complexity index is 1740. The Labute approximate surface area is 315 Å². The van der Waals surface area contributed by atoms with Crippen LogP contribution in [0.5, 0.6) is 0 Å². The summed E-state index contributed by atoms with van der Waals surface area (Å²) in [6, 6.07) is 21.6. The van der Waals surface area contributed by atoms with E-state index in [2.05, 4.69) is 101 Å². The normalized spacial score (nSPS) is 16.8. The van der Waals surface area contributed by atoms with Crippen molar-refractivity contribution >= 4 is 80.5 Å². The van der Waals surface area contributed by atoms with Gasteiger partial charge in [0.2, 0.25) is 0 Å². The number of unbranched alkanes of at least 4 members (excludes halogenated alkanes) is 2. The van der Waals surface area contributed by atoms with Gasteiger partial charge in [-0.15, -0.1) is 46.2 Å². The van der Waals surface area contributed by atoms with Gasteiger partial charge in [-0.2, -0.15) is 0 Å². The second-order valence-electron chi connectivity index (χ2n) is 13.5. The summed E-state index contributed by atoms with van der Waals surface area (Å²) in [5.41, 5.74) is 7.00. The molecule has 2 unspecified atom stereocenters. The smallest absolute Gasteiger partial charge is 0.259 e. The van der Waals surface area contributed by atoms with Gasteiger partial charge in [0, 0.05) is 34.0 Å². The van der Waals surface area contributed by atoms with E-state index in [4.69, 9.17) is 0 Å². The number of fused-ring (bicyclic) bond motifs is 2. The molecule has 4 heterocycles. The maximum Gasteiger partial charge on any atom is 0.259 e. The first kappa shape index (κ1) is 37.0. The second kappa shape index (κ2) is 16.7. The third-order valence-electron chi connectivity index (χ3n) is 10.4. The average Bonchev–Trinajstić information content (AvgIpc) is 3.93. The minimum absolute atomic E-state index is 0.0378. The van der Waals surface area contributed by atoms with Crippen molar-refractivity contribution < 1.29 is 9.59 Å². The van der Waals surface area contributed by atoms with Gasteiger partial charge in [-0.05, 0) is 84.7 Å². The molecule has 264 valence electrons. The van der Waals surface area contributed by atoms with Gasteiger partial charge < -0.3 is 9.80 Å². The van der Waals surface area contributed by atoms with Gasteiger partial charge in [0.1, 0.15) is 0 Å². The minimum atomic E-state index is -0.0378. The van der Waals surface area contributed by atoms with Crippen molar-refractivity contribution in [3.63, 3.8) is 0 Å². The fourth-order valence-electron chi connectivity index (χ4n) is 7.33. The minimum Gasteiger partial charge on any atom is -0.307 e. The number of carbonyl (C=O) groups excluding carboxylic acids is 2. The molecule has 4 nitrogen and oxygen atoms in total. The number of anilines is 2. The van der Waals surface area contributed by atoms with Crippen molar-refractivity contribution in [3.8, 4) is 20.9 Å². The van der Waals surface area contributed by atoms with Crippen LogP contribution in [0, 0.1) is 11.8 Å². The molecule has 0 aliphatic carbocycles. The molecule has 0 bridgehead atoms. The highest BCUT2D eigenvalue weighted by molar-refractivity contribution is 8.00. The molecule has 0 radical (unpaired) electrons. The topological polar surface area (TPSA) is 40.6 Å². The molecule has 2 amide bonds. The van der Waals surface area contributed by atoms with E-state index < -0.39 is 0 Å². The average molecular weight is 743 g/mol. The molecule has 2 atom stereocenters. The molecule has 50 heavy (non-hydrogen) atoms. The van der Waals surface area contributed by atoms with Crippen LogP contribution in [0.15, 0.2) is 69.1 Å². The van der Waals surface area contributed by atoms with E-state index in [1.165, 1.54) is 18.2 Å². The van der Waals surface area contributed by atoms with Crippen LogP contribution in [-0.4, -0.2) is 37.4 Å². The Hall–Kier alpha value is -2.78. The predicted octanol–water partition coefficient (Wildman–Crippen LogP) is 12.6. The first-order valence-corrected chi connectivity index (χ1v) is 22.4. The highest BCUT2D eigenvalue weighted by atomic mass is 32.2. The summed E-state index contributed by atoms with van der Waals surface area (Å²) < 4.78 is 2.54. The number of hydrogen-bond donors (Lipinski definition) is 0. The molecule has 6 rings (SSSR count). The summed E-state index contributed by atoms with van der Waals surface area (Å²) in [5.74, 6) is 0.723. The van der Waals surface area contributed by atoms with E-state index in [1.54, 1.807) is 46.2 Å². The Morgan fingerprint density at radius 3 is 1.36 bits per heavy atom. The maximum absolute atomic E-state index is 14.9. The summed E-state index contributed by atoms with van der Waals surface area (Å²) in [5, 5.41) is 0. The molecule has 0 saturated heterocycles. The van der Waals surface area contributed by atoms with Gasteiger partial charge in [-0.25, -0.2) is 0 Å². The molecule has 8 heteroatoms.